The number of amides is 2. The van der Waals surface area contributed by atoms with E-state index >= 15 is 0 Å². The van der Waals surface area contributed by atoms with Gasteiger partial charge in [-0.05, 0) is 35.4 Å². The van der Waals surface area contributed by atoms with E-state index in [1.54, 1.807) is 18.2 Å². The average molecular weight is 455 g/mol. The van der Waals surface area contributed by atoms with Gasteiger partial charge >= 0.3 is 5.97 Å². The second-order valence-electron chi connectivity index (χ2n) is 6.57. The van der Waals surface area contributed by atoms with Crippen LogP contribution in [0.5, 0.6) is 0 Å². The molecule has 0 spiro atoms. The van der Waals surface area contributed by atoms with E-state index in [0.29, 0.717) is 21.2 Å². The summed E-state index contributed by atoms with van der Waals surface area (Å²) < 4.78 is 17.9. The van der Waals surface area contributed by atoms with Crippen LogP contribution in [0.4, 0.5) is 4.39 Å². The molecule has 0 bridgehead atoms. The zero-order valence-corrected chi connectivity index (χ0v) is 17.9. The number of carbonyl (C=O) groups is 3. The molecular formula is C21H21Cl2FN2O4. The Hall–Kier alpha value is -2.64. The van der Waals surface area contributed by atoms with Gasteiger partial charge in [-0.3, -0.25) is 9.59 Å². The third-order valence-electron chi connectivity index (χ3n) is 4.32. The number of ether oxygens (including phenoxy) is 1. The minimum absolute atomic E-state index is 0.000258. The first-order valence-corrected chi connectivity index (χ1v) is 9.79. The molecule has 2 rings (SSSR count). The van der Waals surface area contributed by atoms with Crippen molar-refractivity contribution in [3.63, 3.8) is 0 Å². The summed E-state index contributed by atoms with van der Waals surface area (Å²) in [5.74, 6) is -2.14. The van der Waals surface area contributed by atoms with Crippen LogP contribution in [0, 0.1) is 5.82 Å². The lowest BCUT2D eigenvalue weighted by Crippen LogP contribution is -2.53. The van der Waals surface area contributed by atoms with Gasteiger partial charge in [-0.15, -0.1) is 0 Å². The Morgan fingerprint density at radius 2 is 1.57 bits per heavy atom. The molecule has 0 unspecified atom stereocenters. The lowest BCUT2D eigenvalue weighted by atomic mass is 10.0. The SMILES string of the molecule is COC(=O)[C@H](Cc1c(Cl)cccc1Cl)NC(=O)[C@@H](Cc1ccc(F)cc1)NC(C)=O. The van der Waals surface area contributed by atoms with Gasteiger partial charge in [-0.25, -0.2) is 9.18 Å². The van der Waals surface area contributed by atoms with Crippen molar-refractivity contribution in [2.45, 2.75) is 31.8 Å². The molecule has 0 saturated heterocycles. The Labute approximate surface area is 183 Å². The molecule has 2 amide bonds. The summed E-state index contributed by atoms with van der Waals surface area (Å²) >= 11 is 12.3. The van der Waals surface area contributed by atoms with Crippen LogP contribution in [-0.2, 0) is 32.0 Å². The first kappa shape index (κ1) is 23.6. The summed E-state index contributed by atoms with van der Waals surface area (Å²) in [6.45, 7) is 1.27. The van der Waals surface area contributed by atoms with Gasteiger partial charge in [0.2, 0.25) is 11.8 Å². The van der Waals surface area contributed by atoms with Crippen molar-refractivity contribution in [2.75, 3.05) is 7.11 Å². The van der Waals surface area contributed by atoms with Crippen LogP contribution in [0.15, 0.2) is 42.5 Å². The molecule has 6 nitrogen and oxygen atoms in total. The first-order chi connectivity index (χ1) is 14.2. The highest BCUT2D eigenvalue weighted by Gasteiger charge is 2.28. The predicted molar refractivity (Wildman–Crippen MR) is 112 cm³/mol. The number of carbonyl (C=O) groups excluding carboxylic acids is 3. The van der Waals surface area contributed by atoms with Crippen molar-refractivity contribution in [3.05, 3.63) is 69.5 Å². The molecule has 0 aliphatic heterocycles. The molecule has 0 aliphatic rings. The molecule has 0 saturated carbocycles. The normalized spacial score (nSPS) is 12.6. The van der Waals surface area contributed by atoms with Gasteiger partial charge in [-0.1, -0.05) is 41.4 Å². The van der Waals surface area contributed by atoms with Gasteiger partial charge in [0.05, 0.1) is 7.11 Å². The predicted octanol–water partition coefficient (Wildman–Crippen LogP) is 3.08. The van der Waals surface area contributed by atoms with Gasteiger partial charge in [0.1, 0.15) is 17.9 Å². The quantitative estimate of drug-likeness (QED) is 0.600. The first-order valence-electron chi connectivity index (χ1n) is 9.04. The fourth-order valence-corrected chi connectivity index (χ4v) is 3.40. The zero-order chi connectivity index (χ0) is 22.3. The minimum Gasteiger partial charge on any atom is -0.467 e. The van der Waals surface area contributed by atoms with Crippen molar-refractivity contribution >= 4 is 41.0 Å². The van der Waals surface area contributed by atoms with E-state index in [-0.39, 0.29) is 12.8 Å². The average Bonchev–Trinajstić information content (AvgIpc) is 2.70. The number of hydrogen-bond acceptors (Lipinski definition) is 4. The monoisotopic (exact) mass is 454 g/mol. The summed E-state index contributed by atoms with van der Waals surface area (Å²) in [5, 5.41) is 5.82. The molecule has 2 N–H and O–H groups in total. The van der Waals surface area contributed by atoms with Gasteiger partial charge in [-0.2, -0.15) is 0 Å². The number of esters is 1. The maximum atomic E-state index is 13.1. The van der Waals surface area contributed by atoms with Crippen molar-refractivity contribution < 1.29 is 23.5 Å². The largest absolute Gasteiger partial charge is 0.467 e. The van der Waals surface area contributed by atoms with Gasteiger partial charge in [0.25, 0.3) is 0 Å². The molecule has 0 aliphatic carbocycles. The Balaban J connectivity index is 2.22. The number of nitrogens with one attached hydrogen (secondary N) is 2. The standard InChI is InChI=1S/C21H21Cl2FN2O4/c1-12(27)25-18(10-13-6-8-14(24)9-7-13)20(28)26-19(21(29)30-2)11-15-16(22)4-3-5-17(15)23/h3-9,18-19H,10-11H2,1-2H3,(H,25,27)(H,26,28)/t18-,19+/m1/s1. The molecule has 2 aromatic rings. The van der Waals surface area contributed by atoms with E-state index in [4.69, 9.17) is 27.9 Å². The second kappa shape index (κ2) is 10.9. The van der Waals surface area contributed by atoms with Crippen LogP contribution in [-0.4, -0.2) is 37.0 Å². The van der Waals surface area contributed by atoms with E-state index in [1.807, 2.05) is 0 Å². The number of hydrogen-bond donors (Lipinski definition) is 2. The van der Waals surface area contributed by atoms with Gasteiger partial charge in [0, 0.05) is 29.8 Å². The molecule has 9 heteroatoms. The summed E-state index contributed by atoms with van der Waals surface area (Å²) in [4.78, 5) is 36.7. The lowest BCUT2D eigenvalue weighted by molar-refractivity contribution is -0.145. The summed E-state index contributed by atoms with van der Waals surface area (Å²) in [6.07, 6.45) is 0.104. The van der Waals surface area contributed by atoms with Crippen molar-refractivity contribution in [2.24, 2.45) is 0 Å². The molecule has 30 heavy (non-hydrogen) atoms. The fourth-order valence-electron chi connectivity index (χ4n) is 2.85. The molecule has 0 aromatic heterocycles. The maximum absolute atomic E-state index is 13.1. The number of benzene rings is 2. The van der Waals surface area contributed by atoms with E-state index in [1.165, 1.54) is 38.3 Å². The summed E-state index contributed by atoms with van der Waals surface area (Å²) in [5.41, 5.74) is 1.11. The highest BCUT2D eigenvalue weighted by atomic mass is 35.5. The highest BCUT2D eigenvalue weighted by Crippen LogP contribution is 2.25. The Morgan fingerprint density at radius 1 is 0.967 bits per heavy atom. The topological polar surface area (TPSA) is 84.5 Å². The summed E-state index contributed by atoms with van der Waals surface area (Å²) in [6, 6.07) is 8.38. The number of halogens is 3. The number of rotatable bonds is 8. The smallest absolute Gasteiger partial charge is 0.328 e. The van der Waals surface area contributed by atoms with Crippen molar-refractivity contribution in [1.29, 1.82) is 0 Å². The molecule has 160 valence electrons. The Bertz CT molecular complexity index is 901. The van der Waals surface area contributed by atoms with E-state index in [0.717, 1.165) is 0 Å². The minimum atomic E-state index is -1.08. The van der Waals surface area contributed by atoms with Crippen LogP contribution in [0.2, 0.25) is 10.0 Å². The molecule has 0 radical (unpaired) electrons. The fraction of sp³-hybridized carbons (Fsp3) is 0.286. The second-order valence-corrected chi connectivity index (χ2v) is 7.39. The van der Waals surface area contributed by atoms with Crippen molar-refractivity contribution in [3.8, 4) is 0 Å². The van der Waals surface area contributed by atoms with E-state index in [9.17, 15) is 18.8 Å². The highest BCUT2D eigenvalue weighted by molar-refractivity contribution is 6.36. The maximum Gasteiger partial charge on any atom is 0.328 e. The molecule has 2 atom stereocenters. The van der Waals surface area contributed by atoms with Crippen LogP contribution in [0.1, 0.15) is 18.1 Å². The third kappa shape index (κ3) is 6.71. The molecular weight excluding hydrogens is 434 g/mol. The van der Waals surface area contributed by atoms with Gasteiger partial charge in [0.15, 0.2) is 0 Å². The van der Waals surface area contributed by atoms with E-state index < -0.39 is 35.7 Å². The van der Waals surface area contributed by atoms with E-state index in [2.05, 4.69) is 10.6 Å². The van der Waals surface area contributed by atoms with Crippen molar-refractivity contribution in [1.82, 2.24) is 10.6 Å². The van der Waals surface area contributed by atoms with Crippen LogP contribution in [0.3, 0.4) is 0 Å². The lowest BCUT2D eigenvalue weighted by Gasteiger charge is -2.22. The number of methoxy groups -OCH3 is 1. The molecule has 0 fully saturated rings. The summed E-state index contributed by atoms with van der Waals surface area (Å²) in [7, 11) is 1.19. The Morgan fingerprint density at radius 3 is 2.10 bits per heavy atom. The van der Waals surface area contributed by atoms with Crippen LogP contribution < -0.4 is 10.6 Å². The van der Waals surface area contributed by atoms with Gasteiger partial charge < -0.3 is 15.4 Å². The van der Waals surface area contributed by atoms with Crippen LogP contribution in [0.25, 0.3) is 0 Å². The molecule has 0 heterocycles. The zero-order valence-electron chi connectivity index (χ0n) is 16.4. The Kier molecular flexibility index (Phi) is 8.62. The molecule has 2 aromatic carbocycles. The van der Waals surface area contributed by atoms with Crippen LogP contribution >= 0.6 is 23.2 Å². The third-order valence-corrected chi connectivity index (χ3v) is 5.03.